The highest BCUT2D eigenvalue weighted by Gasteiger charge is 2.22. The molecule has 5 nitrogen and oxygen atoms in total. The summed E-state index contributed by atoms with van der Waals surface area (Å²) < 4.78 is 11.0. The number of nitrogens with zero attached hydrogens (tertiary/aromatic N) is 2. The van der Waals surface area contributed by atoms with E-state index in [-0.39, 0.29) is 0 Å². The number of ether oxygens (including phenoxy) is 1. The Morgan fingerprint density at radius 2 is 1.87 bits per heavy atom. The summed E-state index contributed by atoms with van der Waals surface area (Å²) in [6.07, 6.45) is 2.09. The molecule has 1 saturated heterocycles. The number of aromatic nitrogens is 2. The van der Waals surface area contributed by atoms with Crippen LogP contribution in [0.4, 0.5) is 0 Å². The minimum absolute atomic E-state index is 0.363. The van der Waals surface area contributed by atoms with Crippen molar-refractivity contribution in [2.75, 3.05) is 20.2 Å². The van der Waals surface area contributed by atoms with Crippen LogP contribution in [0.5, 0.6) is 5.75 Å². The van der Waals surface area contributed by atoms with E-state index >= 15 is 0 Å². The van der Waals surface area contributed by atoms with E-state index < -0.39 is 0 Å². The second kappa shape index (κ2) is 6.01. The molecule has 0 aliphatic carbocycles. The van der Waals surface area contributed by atoms with Gasteiger partial charge < -0.3 is 14.6 Å². The minimum Gasteiger partial charge on any atom is -0.496 e. The van der Waals surface area contributed by atoms with Crippen LogP contribution >= 0.6 is 0 Å². The van der Waals surface area contributed by atoms with E-state index in [2.05, 4.69) is 21.5 Å². The van der Waals surface area contributed by atoms with E-state index in [1.54, 1.807) is 7.11 Å². The zero-order valence-corrected chi connectivity index (χ0v) is 13.1. The largest absolute Gasteiger partial charge is 0.496 e. The van der Waals surface area contributed by atoms with Crippen molar-refractivity contribution in [1.82, 2.24) is 15.5 Å². The van der Waals surface area contributed by atoms with Gasteiger partial charge in [-0.3, -0.25) is 0 Å². The molecule has 118 valence electrons. The lowest BCUT2D eigenvalue weighted by Crippen LogP contribution is -2.26. The van der Waals surface area contributed by atoms with Gasteiger partial charge in [0.25, 0.3) is 0 Å². The van der Waals surface area contributed by atoms with E-state index in [1.165, 1.54) is 0 Å². The number of rotatable bonds is 3. The van der Waals surface area contributed by atoms with Gasteiger partial charge in [0.15, 0.2) is 0 Å². The smallest absolute Gasteiger partial charge is 0.230 e. The summed E-state index contributed by atoms with van der Waals surface area (Å²) in [7, 11) is 1.69. The summed E-state index contributed by atoms with van der Waals surface area (Å²) in [5.74, 6) is 2.62. The maximum absolute atomic E-state index is 5.54. The van der Waals surface area contributed by atoms with Crippen LogP contribution in [-0.2, 0) is 0 Å². The molecule has 0 unspecified atom stereocenters. The molecule has 0 bridgehead atoms. The SMILES string of the molecule is COc1ccc(-c2noc(C3CCNCC3)n2)c2ccccc12. The van der Waals surface area contributed by atoms with Crippen molar-refractivity contribution < 1.29 is 9.26 Å². The van der Waals surface area contributed by atoms with Gasteiger partial charge in [0.1, 0.15) is 5.75 Å². The Kier molecular flexibility index (Phi) is 3.71. The monoisotopic (exact) mass is 309 g/mol. The van der Waals surface area contributed by atoms with Crippen LogP contribution < -0.4 is 10.1 Å². The van der Waals surface area contributed by atoms with E-state index in [9.17, 15) is 0 Å². The van der Waals surface area contributed by atoms with Crippen LogP contribution in [0.25, 0.3) is 22.2 Å². The molecule has 1 aliphatic rings. The zero-order valence-electron chi connectivity index (χ0n) is 13.1. The van der Waals surface area contributed by atoms with Gasteiger partial charge in [-0.1, -0.05) is 29.4 Å². The van der Waals surface area contributed by atoms with Crippen molar-refractivity contribution in [2.24, 2.45) is 0 Å². The van der Waals surface area contributed by atoms with Crippen molar-refractivity contribution >= 4 is 10.8 Å². The topological polar surface area (TPSA) is 60.2 Å². The van der Waals surface area contributed by atoms with Gasteiger partial charge in [-0.2, -0.15) is 4.98 Å². The summed E-state index contributed by atoms with van der Waals surface area (Å²) in [6.45, 7) is 2.02. The molecule has 0 saturated carbocycles. The summed E-state index contributed by atoms with van der Waals surface area (Å²) in [6, 6.07) is 12.1. The molecule has 1 aromatic heterocycles. The van der Waals surface area contributed by atoms with Crippen LogP contribution in [-0.4, -0.2) is 30.3 Å². The summed E-state index contributed by atoms with van der Waals surface area (Å²) >= 11 is 0. The number of nitrogens with one attached hydrogen (secondary N) is 1. The average molecular weight is 309 g/mol. The Morgan fingerprint density at radius 3 is 2.65 bits per heavy atom. The van der Waals surface area contributed by atoms with Crippen LogP contribution in [0.2, 0.25) is 0 Å². The molecule has 0 amide bonds. The van der Waals surface area contributed by atoms with Gasteiger partial charge in [-0.15, -0.1) is 0 Å². The molecular weight excluding hydrogens is 290 g/mol. The van der Waals surface area contributed by atoms with Gasteiger partial charge in [0.05, 0.1) is 7.11 Å². The first kappa shape index (κ1) is 14.2. The average Bonchev–Trinajstić information content (AvgIpc) is 3.11. The Bertz CT molecular complexity index is 822. The zero-order chi connectivity index (χ0) is 15.6. The van der Waals surface area contributed by atoms with Crippen LogP contribution in [0, 0.1) is 0 Å². The molecule has 1 aliphatic heterocycles. The molecule has 5 heteroatoms. The van der Waals surface area contributed by atoms with E-state index in [0.717, 1.165) is 53.9 Å². The van der Waals surface area contributed by atoms with Crippen molar-refractivity contribution in [1.29, 1.82) is 0 Å². The van der Waals surface area contributed by atoms with Crippen molar-refractivity contribution in [2.45, 2.75) is 18.8 Å². The van der Waals surface area contributed by atoms with E-state index in [1.807, 2.05) is 30.3 Å². The summed E-state index contributed by atoms with van der Waals surface area (Å²) in [5, 5.41) is 9.71. The molecule has 1 N–H and O–H groups in total. The Labute approximate surface area is 134 Å². The third-order valence-corrected chi connectivity index (χ3v) is 4.48. The minimum atomic E-state index is 0.363. The number of piperidine rings is 1. The van der Waals surface area contributed by atoms with E-state index in [0.29, 0.717) is 11.7 Å². The quantitative estimate of drug-likeness (QED) is 0.804. The first-order chi connectivity index (χ1) is 11.4. The molecule has 0 spiro atoms. The van der Waals surface area contributed by atoms with Gasteiger partial charge in [0, 0.05) is 16.9 Å². The standard InChI is InChI=1S/C18H19N3O2/c1-22-16-7-6-15(13-4-2-3-5-14(13)16)17-20-18(23-21-17)12-8-10-19-11-9-12/h2-7,12,19H,8-11H2,1H3. The molecule has 0 radical (unpaired) electrons. The summed E-state index contributed by atoms with van der Waals surface area (Å²) in [5.41, 5.74) is 0.977. The molecule has 23 heavy (non-hydrogen) atoms. The highest BCUT2D eigenvalue weighted by molar-refractivity contribution is 5.98. The van der Waals surface area contributed by atoms with Crippen LogP contribution in [0.1, 0.15) is 24.7 Å². The lowest BCUT2D eigenvalue weighted by atomic mass is 9.98. The van der Waals surface area contributed by atoms with Crippen molar-refractivity contribution in [3.8, 4) is 17.1 Å². The molecule has 0 atom stereocenters. The molecule has 2 aromatic carbocycles. The molecule has 4 rings (SSSR count). The molecule has 2 heterocycles. The third kappa shape index (κ3) is 2.57. The van der Waals surface area contributed by atoms with Crippen molar-refractivity contribution in [3.05, 3.63) is 42.3 Å². The molecule has 1 fully saturated rings. The fraction of sp³-hybridized carbons (Fsp3) is 0.333. The van der Waals surface area contributed by atoms with Gasteiger partial charge in [-0.05, 0) is 43.5 Å². The maximum atomic E-state index is 5.54. The highest BCUT2D eigenvalue weighted by Crippen LogP contribution is 2.34. The normalized spacial score (nSPS) is 15.9. The number of hydrogen-bond donors (Lipinski definition) is 1. The first-order valence-electron chi connectivity index (χ1n) is 7.97. The number of methoxy groups -OCH3 is 1. The fourth-order valence-corrected chi connectivity index (χ4v) is 3.22. The van der Waals surface area contributed by atoms with Crippen LogP contribution in [0.15, 0.2) is 40.9 Å². The number of fused-ring (bicyclic) bond motifs is 1. The summed E-state index contributed by atoms with van der Waals surface area (Å²) in [4.78, 5) is 4.66. The predicted molar refractivity (Wildman–Crippen MR) is 88.6 cm³/mol. The fourth-order valence-electron chi connectivity index (χ4n) is 3.22. The lowest BCUT2D eigenvalue weighted by molar-refractivity contribution is 0.320. The molecular formula is C18H19N3O2. The number of hydrogen-bond acceptors (Lipinski definition) is 5. The Morgan fingerprint density at radius 1 is 1.09 bits per heavy atom. The van der Waals surface area contributed by atoms with E-state index in [4.69, 9.17) is 9.26 Å². The van der Waals surface area contributed by atoms with Gasteiger partial charge >= 0.3 is 0 Å². The van der Waals surface area contributed by atoms with Crippen LogP contribution in [0.3, 0.4) is 0 Å². The number of benzene rings is 2. The lowest BCUT2D eigenvalue weighted by Gasteiger charge is -2.18. The van der Waals surface area contributed by atoms with Crippen molar-refractivity contribution in [3.63, 3.8) is 0 Å². The Balaban J connectivity index is 1.76. The Hall–Kier alpha value is -2.40. The predicted octanol–water partition coefficient (Wildman–Crippen LogP) is 3.37. The van der Waals surface area contributed by atoms with Gasteiger partial charge in [-0.25, -0.2) is 0 Å². The van der Waals surface area contributed by atoms with Gasteiger partial charge in [0.2, 0.25) is 11.7 Å². The third-order valence-electron chi connectivity index (χ3n) is 4.48. The second-order valence-corrected chi connectivity index (χ2v) is 5.84. The molecule has 3 aromatic rings. The highest BCUT2D eigenvalue weighted by atomic mass is 16.5. The first-order valence-corrected chi connectivity index (χ1v) is 7.97. The maximum Gasteiger partial charge on any atom is 0.230 e. The second-order valence-electron chi connectivity index (χ2n) is 5.84.